The summed E-state index contributed by atoms with van der Waals surface area (Å²) in [4.78, 5) is 44.8. The molecule has 0 bridgehead atoms. The van der Waals surface area contributed by atoms with Crippen LogP contribution in [0.25, 0.3) is 32.2 Å². The van der Waals surface area contributed by atoms with Gasteiger partial charge in [0, 0.05) is 78.4 Å². The summed E-state index contributed by atoms with van der Waals surface area (Å²) in [5.41, 5.74) is 2.11. The monoisotopic (exact) mass is 862 g/mol. The van der Waals surface area contributed by atoms with Gasteiger partial charge in [0.1, 0.15) is 29.4 Å². The summed E-state index contributed by atoms with van der Waals surface area (Å²) in [6.07, 6.45) is 3.45. The van der Waals surface area contributed by atoms with Crippen molar-refractivity contribution in [2.75, 3.05) is 30.8 Å². The van der Waals surface area contributed by atoms with Gasteiger partial charge >= 0.3 is 0 Å². The van der Waals surface area contributed by atoms with Gasteiger partial charge < -0.3 is 4.90 Å². The Morgan fingerprint density at radius 1 is 1.15 bits per heavy atom. The molecule has 4 aromatic heterocycles. The zero-order valence-corrected chi connectivity index (χ0v) is 34.4. The van der Waals surface area contributed by atoms with Gasteiger partial charge in [0.2, 0.25) is 10.0 Å². The minimum Gasteiger partial charge on any atom is -0.355 e. The van der Waals surface area contributed by atoms with Crippen LogP contribution in [-0.4, -0.2) is 88.8 Å². The molecule has 12 nitrogen and oxygen atoms in total. The first-order chi connectivity index (χ1) is 28.1. The fourth-order valence-corrected chi connectivity index (χ4v) is 10.8. The van der Waals surface area contributed by atoms with Crippen LogP contribution in [0, 0.1) is 36.0 Å². The molecule has 3 fully saturated rings. The Kier molecular flexibility index (Phi) is 10.9. The van der Waals surface area contributed by atoms with Crippen molar-refractivity contribution in [3.05, 3.63) is 79.9 Å². The molecule has 2 saturated carbocycles. The van der Waals surface area contributed by atoms with E-state index in [9.17, 15) is 36.4 Å². The maximum Gasteiger partial charge on any atom is 0.267 e. The second kappa shape index (κ2) is 15.8. The molecule has 1 aromatic carbocycles. The standard InChI is InChI=1S/C41H38ClF3N8O4S2/c1-23-49-34-20-48-38(51(2)28-8-12-52(13-9-28)29-17-41(44,45)18-29)32(19-46)35(34)40(55)53(23)11-3-4-25-5-6-26(42)16-31(25)30-7-10-47-36-33(21-58-37(30)36)39(54)50-59(56,57)22-24-14-27(43)15-24/h5-7,10,16,20-21,24,27-29H,8-9,11-15,17-18,22H2,1-2H3,(H,50,54). The summed E-state index contributed by atoms with van der Waals surface area (Å²) >= 11 is 7.66. The maximum atomic E-state index is 14.1. The van der Waals surface area contributed by atoms with Gasteiger partial charge in [-0.2, -0.15) is 5.26 Å². The van der Waals surface area contributed by atoms with Crippen LogP contribution in [0.2, 0.25) is 5.02 Å². The molecule has 1 saturated heterocycles. The first-order valence-corrected chi connectivity index (χ1v) is 22.0. The number of nitrogens with one attached hydrogen (secondary N) is 1. The molecule has 0 atom stereocenters. The first-order valence-electron chi connectivity index (χ1n) is 19.1. The molecule has 0 spiro atoms. The number of hydrogen-bond donors (Lipinski definition) is 1. The number of carbonyl (C=O) groups excluding carboxylic acids is 1. The molecule has 1 amide bonds. The molecule has 1 aliphatic heterocycles. The van der Waals surface area contributed by atoms with Gasteiger partial charge in [-0.3, -0.25) is 24.0 Å². The normalized spacial score (nSPS) is 19.7. The van der Waals surface area contributed by atoms with Crippen LogP contribution in [0.3, 0.4) is 0 Å². The minimum atomic E-state index is -4.00. The Balaban J connectivity index is 1.04. The highest BCUT2D eigenvalue weighted by molar-refractivity contribution is 7.90. The predicted molar refractivity (Wildman–Crippen MR) is 220 cm³/mol. The number of aryl methyl sites for hydroxylation is 1. The summed E-state index contributed by atoms with van der Waals surface area (Å²) in [6.45, 7) is 2.91. The third-order valence-corrected chi connectivity index (χ3v) is 14.2. The van der Waals surface area contributed by atoms with Crippen molar-refractivity contribution in [2.45, 2.75) is 76.2 Å². The first kappa shape index (κ1) is 40.7. The van der Waals surface area contributed by atoms with Crippen molar-refractivity contribution in [1.82, 2.24) is 29.1 Å². The number of rotatable bonds is 9. The quantitative estimate of drug-likeness (QED) is 0.164. The maximum absolute atomic E-state index is 14.1. The number of likely N-dealkylation sites (tertiary alicyclic amines) is 1. The van der Waals surface area contributed by atoms with E-state index in [0.29, 0.717) is 64.0 Å². The van der Waals surface area contributed by atoms with E-state index in [0.717, 1.165) is 0 Å². The van der Waals surface area contributed by atoms with Gasteiger partial charge in [-0.05, 0) is 62.8 Å². The lowest BCUT2D eigenvalue weighted by atomic mass is 9.85. The number of benzene rings is 1. The minimum absolute atomic E-state index is 0.00546. The molecule has 8 rings (SSSR count). The Labute approximate surface area is 347 Å². The number of pyridine rings is 2. The molecule has 5 heterocycles. The van der Waals surface area contributed by atoms with Crippen LogP contribution >= 0.6 is 22.9 Å². The van der Waals surface area contributed by atoms with Crippen LogP contribution in [-0.2, 0) is 16.6 Å². The van der Waals surface area contributed by atoms with Crippen LogP contribution in [0.15, 0.2) is 46.8 Å². The van der Waals surface area contributed by atoms with Crippen molar-refractivity contribution in [1.29, 1.82) is 5.26 Å². The highest BCUT2D eigenvalue weighted by Crippen LogP contribution is 2.42. The smallest absolute Gasteiger partial charge is 0.267 e. The van der Waals surface area contributed by atoms with Gasteiger partial charge in [0.05, 0.1) is 45.2 Å². The van der Waals surface area contributed by atoms with Gasteiger partial charge in [0.15, 0.2) is 0 Å². The van der Waals surface area contributed by atoms with E-state index in [1.165, 1.54) is 33.7 Å². The summed E-state index contributed by atoms with van der Waals surface area (Å²) in [5, 5.41) is 12.4. The summed E-state index contributed by atoms with van der Waals surface area (Å²) in [7, 11) is -2.17. The highest BCUT2D eigenvalue weighted by atomic mass is 35.5. The Morgan fingerprint density at radius 2 is 1.90 bits per heavy atom. The Hall–Kier alpha value is -5.07. The van der Waals surface area contributed by atoms with E-state index >= 15 is 0 Å². The topological polar surface area (TPSA) is 154 Å². The number of hydrogen-bond acceptors (Lipinski definition) is 11. The van der Waals surface area contributed by atoms with Crippen molar-refractivity contribution in [3.8, 4) is 29.0 Å². The van der Waals surface area contributed by atoms with Crippen molar-refractivity contribution in [2.24, 2.45) is 5.92 Å². The fourth-order valence-electron chi connectivity index (χ4n) is 8.27. The lowest BCUT2D eigenvalue weighted by molar-refractivity contribution is -0.127. The molecule has 3 aliphatic rings. The number of halogens is 4. The summed E-state index contributed by atoms with van der Waals surface area (Å²) < 4.78 is 69.7. The Morgan fingerprint density at radius 3 is 2.59 bits per heavy atom. The number of thiophene rings is 1. The number of aromatic nitrogens is 4. The molecular formula is C41H38ClF3N8O4S2. The molecule has 306 valence electrons. The van der Waals surface area contributed by atoms with Crippen LogP contribution < -0.4 is 15.2 Å². The number of anilines is 1. The second-order valence-electron chi connectivity index (χ2n) is 15.5. The molecule has 5 aromatic rings. The van der Waals surface area contributed by atoms with Crippen molar-refractivity contribution in [3.63, 3.8) is 0 Å². The number of carbonyl (C=O) groups is 1. The lowest BCUT2D eigenvalue weighted by Crippen LogP contribution is -2.55. The van der Waals surface area contributed by atoms with E-state index in [1.807, 2.05) is 11.9 Å². The van der Waals surface area contributed by atoms with E-state index in [4.69, 9.17) is 11.6 Å². The van der Waals surface area contributed by atoms with E-state index in [-0.39, 0.29) is 83.5 Å². The summed E-state index contributed by atoms with van der Waals surface area (Å²) in [6, 6.07) is 8.94. The molecule has 18 heteroatoms. The average molecular weight is 863 g/mol. The van der Waals surface area contributed by atoms with Crippen molar-refractivity contribution >= 4 is 65.8 Å². The van der Waals surface area contributed by atoms with Gasteiger partial charge in [-0.15, -0.1) is 11.3 Å². The molecule has 0 unspecified atom stereocenters. The summed E-state index contributed by atoms with van der Waals surface area (Å²) in [5.74, 6) is 2.85. The molecular weight excluding hydrogens is 825 g/mol. The van der Waals surface area contributed by atoms with Crippen molar-refractivity contribution < 1.29 is 26.4 Å². The largest absolute Gasteiger partial charge is 0.355 e. The van der Waals surface area contributed by atoms with Gasteiger partial charge in [-0.1, -0.05) is 23.4 Å². The number of piperidine rings is 1. The van der Waals surface area contributed by atoms with Crippen LogP contribution in [0.5, 0.6) is 0 Å². The zero-order valence-electron chi connectivity index (χ0n) is 32.0. The molecule has 59 heavy (non-hydrogen) atoms. The average Bonchev–Trinajstić information content (AvgIpc) is 3.62. The number of nitrogens with zero attached hydrogens (tertiary/aromatic N) is 7. The number of nitriles is 1. The number of sulfonamides is 1. The number of amides is 1. The SMILES string of the molecule is Cc1nc2cnc(N(C)C3CCN(C4CC(F)(F)C4)CC3)c(C#N)c2c(=O)n1CC#Cc1ccc(Cl)cc1-c1ccnc2c(C(=O)NS(=O)(=O)CC3CC(F)C3)csc12. The predicted octanol–water partition coefficient (Wildman–Crippen LogP) is 6.46. The van der Waals surface area contributed by atoms with Gasteiger partial charge in [-0.25, -0.2) is 36.3 Å². The molecule has 1 N–H and O–H groups in total. The second-order valence-corrected chi connectivity index (χ2v) is 18.6. The zero-order chi connectivity index (χ0) is 41.8. The Bertz CT molecular complexity index is 2780. The van der Waals surface area contributed by atoms with Crippen LogP contribution in [0.1, 0.15) is 65.8 Å². The number of alkyl halides is 3. The van der Waals surface area contributed by atoms with E-state index < -0.39 is 33.6 Å². The third-order valence-electron chi connectivity index (χ3n) is 11.6. The third kappa shape index (κ3) is 8.13. The molecule has 0 radical (unpaired) electrons. The highest BCUT2D eigenvalue weighted by Gasteiger charge is 2.48. The van der Waals surface area contributed by atoms with E-state index in [2.05, 4.69) is 42.5 Å². The molecule has 2 aliphatic carbocycles. The lowest BCUT2D eigenvalue weighted by Gasteiger charge is -2.46. The van der Waals surface area contributed by atoms with Gasteiger partial charge in [0.25, 0.3) is 17.4 Å². The van der Waals surface area contributed by atoms with Crippen LogP contribution in [0.4, 0.5) is 19.0 Å². The van der Waals surface area contributed by atoms with E-state index in [1.54, 1.807) is 31.2 Å². The fraction of sp³-hybridized carbons (Fsp3) is 0.415. The number of fused-ring (bicyclic) bond motifs is 2.